The van der Waals surface area contributed by atoms with E-state index in [0.29, 0.717) is 6.54 Å². The van der Waals surface area contributed by atoms with Gasteiger partial charge in [0.1, 0.15) is 5.75 Å². The molecule has 188 valence electrons. The number of rotatable bonds is 8. The van der Waals surface area contributed by atoms with Gasteiger partial charge in [-0.25, -0.2) is 0 Å². The number of ketones is 1. The summed E-state index contributed by atoms with van der Waals surface area (Å²) in [6.07, 6.45) is 3.99. The molecular formula is C28H32N4O3S. The minimum Gasteiger partial charge on any atom is -0.497 e. The molecule has 0 saturated carbocycles. The van der Waals surface area contributed by atoms with Crippen molar-refractivity contribution in [3.8, 4) is 17.1 Å². The van der Waals surface area contributed by atoms with Crippen molar-refractivity contribution in [2.45, 2.75) is 49.9 Å². The Morgan fingerprint density at radius 2 is 1.97 bits per heavy atom. The molecule has 0 amide bonds. The molecule has 1 saturated heterocycles. The molecule has 0 aliphatic carbocycles. The van der Waals surface area contributed by atoms with Gasteiger partial charge in [0.25, 0.3) is 0 Å². The topological polar surface area (TPSA) is 69.5 Å². The maximum Gasteiger partial charge on any atom is 0.192 e. The number of likely N-dealkylation sites (N-methyl/N-ethyl adjacent to an activating group) is 1. The molecule has 2 aromatic carbocycles. The van der Waals surface area contributed by atoms with E-state index in [1.807, 2.05) is 37.4 Å². The molecule has 7 nitrogen and oxygen atoms in total. The van der Waals surface area contributed by atoms with E-state index in [2.05, 4.69) is 51.7 Å². The van der Waals surface area contributed by atoms with E-state index < -0.39 is 0 Å². The van der Waals surface area contributed by atoms with Crippen LogP contribution in [0.5, 0.6) is 5.75 Å². The molecule has 0 radical (unpaired) electrons. The maximum absolute atomic E-state index is 13.1. The molecule has 2 aliphatic rings. The van der Waals surface area contributed by atoms with Crippen LogP contribution in [0.15, 0.2) is 65.5 Å². The Labute approximate surface area is 216 Å². The van der Waals surface area contributed by atoms with Crippen molar-refractivity contribution in [3.63, 3.8) is 0 Å². The normalized spacial score (nSPS) is 19.6. The summed E-state index contributed by atoms with van der Waals surface area (Å²) < 4.78 is 13.3. The third kappa shape index (κ3) is 4.67. The average Bonchev–Trinajstić information content (AvgIpc) is 3.59. The van der Waals surface area contributed by atoms with E-state index >= 15 is 0 Å². The Balaban J connectivity index is 1.36. The number of fused-ring (bicyclic) bond motifs is 1. The number of allylic oxidation sites excluding steroid dienone is 2. The second kappa shape index (κ2) is 10.1. The first-order valence-corrected chi connectivity index (χ1v) is 13.3. The van der Waals surface area contributed by atoms with Crippen LogP contribution in [0, 0.1) is 0 Å². The highest BCUT2D eigenvalue weighted by Crippen LogP contribution is 2.46. The molecule has 0 spiro atoms. The van der Waals surface area contributed by atoms with Crippen molar-refractivity contribution < 1.29 is 14.3 Å². The minimum absolute atomic E-state index is 0.0559. The summed E-state index contributed by atoms with van der Waals surface area (Å²) in [6.45, 7) is 5.78. The maximum atomic E-state index is 13.1. The highest BCUT2D eigenvalue weighted by Gasteiger charge is 2.38. The van der Waals surface area contributed by atoms with Gasteiger partial charge < -0.3 is 14.4 Å². The Bertz CT molecular complexity index is 1280. The molecular weight excluding hydrogens is 472 g/mol. The van der Waals surface area contributed by atoms with Gasteiger partial charge in [0.05, 0.1) is 25.5 Å². The number of methoxy groups -OCH3 is 1. The number of ether oxygens (including phenoxy) is 2. The van der Waals surface area contributed by atoms with Crippen LogP contribution in [0.3, 0.4) is 0 Å². The van der Waals surface area contributed by atoms with Gasteiger partial charge in [-0.05, 0) is 48.7 Å². The molecule has 0 bridgehead atoms. The Morgan fingerprint density at radius 3 is 2.67 bits per heavy atom. The number of hydrogen-bond acceptors (Lipinski definition) is 7. The SMILES string of the molecule is COc1ccc(-c2nnc(SCC(=O)/C=C3/N(C)c4ccccc4C3(C)C)n2CC2CCCO2)cc1. The average molecular weight is 505 g/mol. The van der Waals surface area contributed by atoms with Crippen molar-refractivity contribution >= 4 is 23.2 Å². The summed E-state index contributed by atoms with van der Waals surface area (Å²) in [7, 11) is 3.68. The van der Waals surface area contributed by atoms with Gasteiger partial charge in [0.2, 0.25) is 0 Å². The third-order valence-corrected chi connectivity index (χ3v) is 8.05. The molecule has 3 heterocycles. The number of nitrogens with zero attached hydrogens (tertiary/aromatic N) is 4. The van der Waals surface area contributed by atoms with Crippen LogP contribution in [-0.2, 0) is 21.5 Å². The number of hydrogen-bond donors (Lipinski definition) is 0. The van der Waals surface area contributed by atoms with Crippen LogP contribution in [0.1, 0.15) is 32.3 Å². The van der Waals surface area contributed by atoms with Crippen LogP contribution in [0.2, 0.25) is 0 Å². The summed E-state index contributed by atoms with van der Waals surface area (Å²) in [4.78, 5) is 15.3. The highest BCUT2D eigenvalue weighted by molar-refractivity contribution is 7.99. The number of anilines is 1. The first-order chi connectivity index (χ1) is 17.4. The largest absolute Gasteiger partial charge is 0.497 e. The van der Waals surface area contributed by atoms with Gasteiger partial charge in [-0.1, -0.05) is 43.8 Å². The van der Waals surface area contributed by atoms with E-state index in [9.17, 15) is 4.79 Å². The Hall–Kier alpha value is -3.10. The third-order valence-electron chi connectivity index (χ3n) is 7.06. The second-order valence-electron chi connectivity index (χ2n) is 9.77. The van der Waals surface area contributed by atoms with Crippen LogP contribution < -0.4 is 9.64 Å². The van der Waals surface area contributed by atoms with Gasteiger partial charge in [-0.15, -0.1) is 10.2 Å². The van der Waals surface area contributed by atoms with E-state index in [4.69, 9.17) is 9.47 Å². The zero-order chi connectivity index (χ0) is 25.3. The molecule has 1 aromatic heterocycles. The molecule has 1 unspecified atom stereocenters. The molecule has 2 aliphatic heterocycles. The summed E-state index contributed by atoms with van der Waals surface area (Å²) >= 11 is 1.43. The Morgan fingerprint density at radius 1 is 1.19 bits per heavy atom. The van der Waals surface area contributed by atoms with Gasteiger partial charge in [0.15, 0.2) is 16.8 Å². The van der Waals surface area contributed by atoms with Crippen LogP contribution in [-0.4, -0.2) is 53.2 Å². The predicted octanol–water partition coefficient (Wildman–Crippen LogP) is 5.11. The van der Waals surface area contributed by atoms with Crippen molar-refractivity contribution in [2.24, 2.45) is 0 Å². The highest BCUT2D eigenvalue weighted by atomic mass is 32.2. The number of carbonyl (C=O) groups is 1. The van der Waals surface area contributed by atoms with Crippen LogP contribution >= 0.6 is 11.8 Å². The molecule has 1 atom stereocenters. The fourth-order valence-electron chi connectivity index (χ4n) is 5.09. The molecule has 8 heteroatoms. The first-order valence-electron chi connectivity index (χ1n) is 12.3. The van der Waals surface area contributed by atoms with Gasteiger partial charge in [0, 0.05) is 42.1 Å². The van der Waals surface area contributed by atoms with Crippen molar-refractivity contribution in [2.75, 3.05) is 31.4 Å². The predicted molar refractivity (Wildman–Crippen MR) is 143 cm³/mol. The lowest BCUT2D eigenvalue weighted by Crippen LogP contribution is -2.24. The molecule has 1 fully saturated rings. The van der Waals surface area contributed by atoms with Crippen LogP contribution in [0.4, 0.5) is 5.69 Å². The summed E-state index contributed by atoms with van der Waals surface area (Å²) in [5.41, 5.74) is 4.12. The lowest BCUT2D eigenvalue weighted by Gasteiger charge is -2.23. The van der Waals surface area contributed by atoms with Gasteiger partial charge in [-0.3, -0.25) is 9.36 Å². The van der Waals surface area contributed by atoms with Gasteiger partial charge >= 0.3 is 0 Å². The number of carbonyl (C=O) groups excluding carboxylic acids is 1. The molecule has 3 aromatic rings. The van der Waals surface area contributed by atoms with Crippen molar-refractivity contribution in [3.05, 3.63) is 65.9 Å². The standard InChI is InChI=1S/C28H32N4O3S/c1-28(2)23-9-5-6-10-24(23)31(3)25(28)16-20(33)18-36-27-30-29-26(19-11-13-21(34-4)14-12-19)32(27)17-22-8-7-15-35-22/h5-6,9-14,16,22H,7-8,15,17-18H2,1-4H3/b25-16+. The van der Waals surface area contributed by atoms with E-state index in [0.717, 1.165) is 53.1 Å². The lowest BCUT2D eigenvalue weighted by atomic mass is 9.83. The van der Waals surface area contributed by atoms with E-state index in [1.165, 1.54) is 17.3 Å². The van der Waals surface area contributed by atoms with E-state index in [-0.39, 0.29) is 23.1 Å². The lowest BCUT2D eigenvalue weighted by molar-refractivity contribution is -0.112. The van der Waals surface area contributed by atoms with Crippen LogP contribution in [0.25, 0.3) is 11.4 Å². The number of benzene rings is 2. The van der Waals surface area contributed by atoms with E-state index in [1.54, 1.807) is 13.2 Å². The number of aromatic nitrogens is 3. The fourth-order valence-corrected chi connectivity index (χ4v) is 5.86. The fraction of sp³-hybridized carbons (Fsp3) is 0.393. The zero-order valence-corrected chi connectivity index (χ0v) is 22.0. The number of thioether (sulfide) groups is 1. The molecule has 5 rings (SSSR count). The second-order valence-corrected chi connectivity index (χ2v) is 10.7. The zero-order valence-electron chi connectivity index (χ0n) is 21.2. The number of para-hydroxylation sites is 1. The Kier molecular flexibility index (Phi) is 6.90. The summed E-state index contributed by atoms with van der Waals surface area (Å²) in [5.74, 6) is 1.91. The quantitative estimate of drug-likeness (QED) is 0.312. The smallest absolute Gasteiger partial charge is 0.192 e. The van der Waals surface area contributed by atoms with Crippen molar-refractivity contribution in [1.82, 2.24) is 14.8 Å². The summed E-state index contributed by atoms with van der Waals surface area (Å²) in [6, 6.07) is 16.1. The minimum atomic E-state index is -0.229. The molecule has 36 heavy (non-hydrogen) atoms. The molecule has 0 N–H and O–H groups in total. The first kappa shape index (κ1) is 24.6. The monoisotopic (exact) mass is 504 g/mol. The van der Waals surface area contributed by atoms with Crippen molar-refractivity contribution in [1.29, 1.82) is 0 Å². The summed E-state index contributed by atoms with van der Waals surface area (Å²) in [5, 5.41) is 9.68. The van der Waals surface area contributed by atoms with Gasteiger partial charge in [-0.2, -0.15) is 0 Å².